The number of carbonyl (C=O) groups is 2. The minimum absolute atomic E-state index is 0.0670. The molecule has 0 aliphatic carbocycles. The van der Waals surface area contributed by atoms with Crippen molar-refractivity contribution in [1.29, 1.82) is 0 Å². The number of rotatable bonds is 6. The van der Waals surface area contributed by atoms with Crippen molar-refractivity contribution in [3.8, 4) is 0 Å². The molecule has 7 nitrogen and oxygen atoms in total. The molecule has 2 aromatic rings. The van der Waals surface area contributed by atoms with Crippen LogP contribution >= 0.6 is 0 Å². The molecule has 3 rings (SSSR count). The summed E-state index contributed by atoms with van der Waals surface area (Å²) in [6.07, 6.45) is 1.47. The third kappa shape index (κ3) is 5.19. The summed E-state index contributed by atoms with van der Waals surface area (Å²) in [4.78, 5) is 26.6. The quantitative estimate of drug-likeness (QED) is 0.694. The predicted octanol–water partition coefficient (Wildman–Crippen LogP) is 3.54. The van der Waals surface area contributed by atoms with Gasteiger partial charge >= 0.3 is 0 Å². The molecule has 2 amide bonds. The summed E-state index contributed by atoms with van der Waals surface area (Å²) < 4.78 is 28.9. The SMILES string of the molecule is CC(=O)N1CCCc2cc(S(=O)(=O)N[C@@H](C(=O)Nc3ccc(C)cc3C)C(C)C)ccc21. The molecular formula is C24H31N3O4S. The van der Waals surface area contributed by atoms with E-state index in [9.17, 15) is 18.0 Å². The van der Waals surface area contributed by atoms with Gasteiger partial charge in [-0.05, 0) is 68.0 Å². The molecule has 8 heteroatoms. The highest BCUT2D eigenvalue weighted by atomic mass is 32.2. The lowest BCUT2D eigenvalue weighted by Gasteiger charge is -2.29. The van der Waals surface area contributed by atoms with Gasteiger partial charge in [0.25, 0.3) is 0 Å². The molecule has 1 heterocycles. The third-order valence-corrected chi connectivity index (χ3v) is 7.17. The first-order valence-corrected chi connectivity index (χ1v) is 12.3. The van der Waals surface area contributed by atoms with Gasteiger partial charge in [0, 0.05) is 24.8 Å². The van der Waals surface area contributed by atoms with Crippen LogP contribution in [0, 0.1) is 19.8 Å². The summed E-state index contributed by atoms with van der Waals surface area (Å²) in [7, 11) is -3.94. The van der Waals surface area contributed by atoms with Gasteiger partial charge in [-0.3, -0.25) is 9.59 Å². The van der Waals surface area contributed by atoms with E-state index in [-0.39, 0.29) is 16.7 Å². The van der Waals surface area contributed by atoms with E-state index in [2.05, 4.69) is 10.0 Å². The molecule has 0 unspecified atom stereocenters. The Labute approximate surface area is 190 Å². The number of anilines is 2. The van der Waals surface area contributed by atoms with Crippen LogP contribution in [0.4, 0.5) is 11.4 Å². The monoisotopic (exact) mass is 457 g/mol. The van der Waals surface area contributed by atoms with Gasteiger partial charge in [0.2, 0.25) is 21.8 Å². The number of hydrogen-bond donors (Lipinski definition) is 2. The summed E-state index contributed by atoms with van der Waals surface area (Å²) in [5, 5.41) is 2.85. The fourth-order valence-corrected chi connectivity index (χ4v) is 5.35. The predicted molar refractivity (Wildman–Crippen MR) is 126 cm³/mol. The molecule has 0 fully saturated rings. The number of hydrogen-bond acceptors (Lipinski definition) is 4. The van der Waals surface area contributed by atoms with Crippen molar-refractivity contribution in [2.24, 2.45) is 5.92 Å². The number of aryl methyl sites for hydroxylation is 3. The molecular weight excluding hydrogens is 426 g/mol. The number of amides is 2. The minimum Gasteiger partial charge on any atom is -0.324 e. The highest BCUT2D eigenvalue weighted by molar-refractivity contribution is 7.89. The van der Waals surface area contributed by atoms with Crippen LogP contribution < -0.4 is 14.9 Å². The molecule has 0 radical (unpaired) electrons. The highest BCUT2D eigenvalue weighted by Crippen LogP contribution is 2.29. The summed E-state index contributed by atoms with van der Waals surface area (Å²) in [6.45, 7) is 9.59. The normalized spacial score (nSPS) is 14.8. The summed E-state index contributed by atoms with van der Waals surface area (Å²) >= 11 is 0. The van der Waals surface area contributed by atoms with Crippen molar-refractivity contribution in [3.05, 3.63) is 53.1 Å². The molecule has 2 N–H and O–H groups in total. The van der Waals surface area contributed by atoms with Crippen molar-refractivity contribution in [1.82, 2.24) is 4.72 Å². The Hall–Kier alpha value is -2.71. The van der Waals surface area contributed by atoms with E-state index >= 15 is 0 Å². The van der Waals surface area contributed by atoms with Gasteiger partial charge in [0.05, 0.1) is 4.90 Å². The Morgan fingerprint density at radius 3 is 2.41 bits per heavy atom. The lowest BCUT2D eigenvalue weighted by Crippen LogP contribution is -2.47. The lowest BCUT2D eigenvalue weighted by atomic mass is 10.0. The zero-order chi connectivity index (χ0) is 23.6. The standard InChI is InChI=1S/C24H31N3O4S/c1-15(2)23(24(29)25-21-10-8-16(3)13-17(21)4)26-32(30,31)20-9-11-22-19(14-20)7-6-12-27(22)18(5)28/h8-11,13-15,23,26H,6-7,12H2,1-5H3,(H,25,29)/t23-/m1/s1. The second-order valence-corrected chi connectivity index (χ2v) is 10.4. The zero-order valence-corrected chi connectivity index (χ0v) is 20.0. The maximum atomic E-state index is 13.1. The van der Waals surface area contributed by atoms with Crippen LogP contribution in [0.3, 0.4) is 0 Å². The largest absolute Gasteiger partial charge is 0.324 e. The van der Waals surface area contributed by atoms with Crippen LogP contribution in [0.2, 0.25) is 0 Å². The van der Waals surface area contributed by atoms with E-state index < -0.39 is 22.0 Å². The number of sulfonamides is 1. The molecule has 1 aliphatic heterocycles. The Morgan fingerprint density at radius 1 is 1.06 bits per heavy atom. The van der Waals surface area contributed by atoms with Crippen molar-refractivity contribution in [2.45, 2.75) is 58.4 Å². The van der Waals surface area contributed by atoms with Crippen LogP contribution in [-0.4, -0.2) is 32.8 Å². The number of nitrogens with zero attached hydrogens (tertiary/aromatic N) is 1. The summed E-state index contributed by atoms with van der Waals surface area (Å²) in [5.74, 6) is -0.736. The molecule has 0 saturated carbocycles. The van der Waals surface area contributed by atoms with Gasteiger partial charge < -0.3 is 10.2 Å². The fourth-order valence-electron chi connectivity index (χ4n) is 3.96. The van der Waals surface area contributed by atoms with Crippen LogP contribution in [0.5, 0.6) is 0 Å². The molecule has 172 valence electrons. The molecule has 32 heavy (non-hydrogen) atoms. The Morgan fingerprint density at radius 2 is 1.78 bits per heavy atom. The fraction of sp³-hybridized carbons (Fsp3) is 0.417. The van der Waals surface area contributed by atoms with E-state index in [4.69, 9.17) is 0 Å². The van der Waals surface area contributed by atoms with E-state index in [1.165, 1.54) is 13.0 Å². The zero-order valence-electron chi connectivity index (χ0n) is 19.2. The van der Waals surface area contributed by atoms with Crippen molar-refractivity contribution in [2.75, 3.05) is 16.8 Å². The molecule has 0 saturated heterocycles. The molecule has 0 spiro atoms. The van der Waals surface area contributed by atoms with Crippen molar-refractivity contribution in [3.63, 3.8) is 0 Å². The van der Waals surface area contributed by atoms with Gasteiger partial charge in [0.15, 0.2) is 0 Å². The van der Waals surface area contributed by atoms with Crippen LogP contribution in [-0.2, 0) is 26.0 Å². The van der Waals surface area contributed by atoms with E-state index in [0.29, 0.717) is 18.7 Å². The first kappa shape index (κ1) is 23.9. The number of nitrogens with one attached hydrogen (secondary N) is 2. The maximum absolute atomic E-state index is 13.1. The minimum atomic E-state index is -3.94. The second kappa shape index (κ2) is 9.42. The average Bonchev–Trinajstić information content (AvgIpc) is 2.72. The molecule has 0 aromatic heterocycles. The van der Waals surface area contributed by atoms with Crippen LogP contribution in [0.1, 0.15) is 43.9 Å². The number of fused-ring (bicyclic) bond motifs is 1. The molecule has 0 bridgehead atoms. The van der Waals surface area contributed by atoms with Crippen molar-refractivity contribution < 1.29 is 18.0 Å². The van der Waals surface area contributed by atoms with Crippen LogP contribution in [0.15, 0.2) is 41.3 Å². The van der Waals surface area contributed by atoms with Gasteiger partial charge in [-0.1, -0.05) is 31.5 Å². The van der Waals surface area contributed by atoms with Gasteiger partial charge in [-0.15, -0.1) is 0 Å². The Bertz CT molecular complexity index is 1140. The highest BCUT2D eigenvalue weighted by Gasteiger charge is 2.30. The molecule has 1 aliphatic rings. The second-order valence-electron chi connectivity index (χ2n) is 8.72. The van der Waals surface area contributed by atoms with E-state index in [0.717, 1.165) is 28.8 Å². The van der Waals surface area contributed by atoms with Crippen molar-refractivity contribution >= 4 is 33.2 Å². The summed E-state index contributed by atoms with van der Waals surface area (Å²) in [6, 6.07) is 9.50. The van der Waals surface area contributed by atoms with E-state index in [1.807, 2.05) is 32.0 Å². The first-order valence-electron chi connectivity index (χ1n) is 10.8. The first-order chi connectivity index (χ1) is 15.0. The Balaban J connectivity index is 1.84. The Kier molecular flexibility index (Phi) is 7.05. The maximum Gasteiger partial charge on any atom is 0.242 e. The smallest absolute Gasteiger partial charge is 0.242 e. The van der Waals surface area contributed by atoms with E-state index in [1.54, 1.807) is 30.9 Å². The summed E-state index contributed by atoms with van der Waals surface area (Å²) in [5.41, 5.74) is 4.21. The topological polar surface area (TPSA) is 95.6 Å². The average molecular weight is 458 g/mol. The molecule has 2 aromatic carbocycles. The van der Waals surface area contributed by atoms with Crippen LogP contribution in [0.25, 0.3) is 0 Å². The van der Waals surface area contributed by atoms with Gasteiger partial charge in [-0.25, -0.2) is 8.42 Å². The third-order valence-electron chi connectivity index (χ3n) is 5.73. The lowest BCUT2D eigenvalue weighted by molar-refractivity contribution is -0.118. The number of carbonyl (C=O) groups excluding carboxylic acids is 2. The van der Waals surface area contributed by atoms with Gasteiger partial charge in [-0.2, -0.15) is 4.72 Å². The van der Waals surface area contributed by atoms with Gasteiger partial charge in [0.1, 0.15) is 6.04 Å². The number of benzene rings is 2. The molecule has 1 atom stereocenters.